The van der Waals surface area contributed by atoms with Crippen molar-refractivity contribution in [2.24, 2.45) is 16.5 Å². The van der Waals surface area contributed by atoms with Gasteiger partial charge in [-0.3, -0.25) is 0 Å². The summed E-state index contributed by atoms with van der Waals surface area (Å²) < 4.78 is 0. The Kier molecular flexibility index (Phi) is 3.53. The molecule has 0 heterocycles. The van der Waals surface area contributed by atoms with E-state index in [9.17, 15) is 0 Å². The van der Waals surface area contributed by atoms with E-state index in [0.29, 0.717) is 0 Å². The third-order valence-electron chi connectivity index (χ3n) is 0.536. The highest BCUT2D eigenvalue weighted by atomic mass is 31.1. The third kappa shape index (κ3) is 5.70. The van der Waals surface area contributed by atoms with Gasteiger partial charge in [-0.25, -0.2) is 4.99 Å². The normalized spacial score (nSPS) is 9.38. The highest BCUT2D eigenvalue weighted by Crippen LogP contribution is 2.22. The Balaban J connectivity index is 3.29. The largest absolute Gasteiger partial charge is 0.370 e. The van der Waals surface area contributed by atoms with Gasteiger partial charge in [0.1, 0.15) is 0 Å². The first-order chi connectivity index (χ1) is 3.63. The first-order valence-corrected chi connectivity index (χ1v) is 4.75. The second-order valence-electron chi connectivity index (χ2n) is 1.80. The first kappa shape index (κ1) is 7.70. The molecule has 0 spiro atoms. The molecule has 0 radical (unpaired) electrons. The Labute approximate surface area is 50.9 Å². The molecule has 0 aromatic heterocycles. The molecule has 48 valence electrons. The van der Waals surface area contributed by atoms with Gasteiger partial charge in [0, 0.05) is 0 Å². The lowest BCUT2D eigenvalue weighted by atomic mass is 11.1. The summed E-state index contributed by atoms with van der Waals surface area (Å²) in [6.07, 6.45) is 0.789. The molecule has 0 amide bonds. The monoisotopic (exact) mass is 133 g/mol. The molecule has 8 heavy (non-hydrogen) atoms. The van der Waals surface area contributed by atoms with E-state index in [0.717, 1.165) is 6.29 Å². The van der Waals surface area contributed by atoms with E-state index in [4.69, 9.17) is 11.5 Å². The Morgan fingerprint density at radius 1 is 1.50 bits per heavy atom. The molecule has 0 aliphatic heterocycles. The maximum absolute atomic E-state index is 5.08. The summed E-state index contributed by atoms with van der Waals surface area (Å²) >= 11 is 0. The molecule has 0 fully saturated rings. The van der Waals surface area contributed by atoms with Crippen LogP contribution in [0.25, 0.3) is 0 Å². The summed E-state index contributed by atoms with van der Waals surface area (Å²) in [6, 6.07) is 0. The van der Waals surface area contributed by atoms with Gasteiger partial charge in [0.2, 0.25) is 0 Å². The number of rotatable bonds is 2. The zero-order valence-corrected chi connectivity index (χ0v) is 6.15. The van der Waals surface area contributed by atoms with Crippen LogP contribution in [0, 0.1) is 0 Å². The van der Waals surface area contributed by atoms with Crippen molar-refractivity contribution in [1.82, 2.24) is 0 Å². The van der Waals surface area contributed by atoms with Crippen molar-refractivity contribution in [3.8, 4) is 0 Å². The quantitative estimate of drug-likeness (QED) is 0.315. The van der Waals surface area contributed by atoms with Gasteiger partial charge < -0.3 is 11.5 Å². The van der Waals surface area contributed by atoms with Gasteiger partial charge in [0.15, 0.2) is 5.96 Å². The molecular weight excluding hydrogens is 121 g/mol. The van der Waals surface area contributed by atoms with Crippen molar-refractivity contribution in [2.75, 3.05) is 19.6 Å². The van der Waals surface area contributed by atoms with E-state index in [2.05, 4.69) is 18.3 Å². The van der Waals surface area contributed by atoms with Crippen molar-refractivity contribution in [3.05, 3.63) is 0 Å². The van der Waals surface area contributed by atoms with Crippen LogP contribution in [-0.4, -0.2) is 25.6 Å². The van der Waals surface area contributed by atoms with Gasteiger partial charge in [-0.15, -0.1) is 0 Å². The smallest absolute Gasteiger partial charge is 0.186 e. The van der Waals surface area contributed by atoms with Gasteiger partial charge in [-0.1, -0.05) is 7.92 Å². The number of aliphatic imine (C=N–C) groups is 1. The fraction of sp³-hybridized carbons (Fsp3) is 0.750. The summed E-state index contributed by atoms with van der Waals surface area (Å²) in [7, 11) is 0.0195. The van der Waals surface area contributed by atoms with E-state index >= 15 is 0 Å². The fourth-order valence-electron chi connectivity index (χ4n) is 0.223. The predicted octanol–water partition coefficient (Wildman–Crippen LogP) is -0.0412. The first-order valence-electron chi connectivity index (χ1n) is 2.33. The minimum absolute atomic E-state index is 0.0195. The lowest BCUT2D eigenvalue weighted by Crippen LogP contribution is -2.22. The van der Waals surface area contributed by atoms with Crippen LogP contribution in [0.15, 0.2) is 4.99 Å². The zero-order valence-electron chi connectivity index (χ0n) is 5.26. The lowest BCUT2D eigenvalue weighted by Gasteiger charge is -1.97. The molecule has 4 heteroatoms. The highest BCUT2D eigenvalue weighted by molar-refractivity contribution is 7.55. The molecule has 0 aromatic carbocycles. The molecule has 0 aliphatic carbocycles. The van der Waals surface area contributed by atoms with Crippen LogP contribution in [0.1, 0.15) is 0 Å². The van der Waals surface area contributed by atoms with E-state index in [1.54, 1.807) is 0 Å². The number of hydrogen-bond acceptors (Lipinski definition) is 1. The standard InChI is InChI=1S/C4H12N3P/c1-8(2)3-7-4(5)6/h3H2,1-2H3,(H4,5,6,7). The maximum atomic E-state index is 5.08. The fourth-order valence-corrected chi connectivity index (χ4v) is 0.669. The molecule has 0 saturated carbocycles. The zero-order chi connectivity index (χ0) is 6.57. The summed E-state index contributed by atoms with van der Waals surface area (Å²) in [4.78, 5) is 3.83. The average Bonchev–Trinajstić information content (AvgIpc) is 1.61. The van der Waals surface area contributed by atoms with Crippen LogP contribution < -0.4 is 11.5 Å². The SMILES string of the molecule is CP(C)CN=C(N)N. The van der Waals surface area contributed by atoms with Crippen LogP contribution >= 0.6 is 7.92 Å². The Morgan fingerprint density at radius 3 is 2.12 bits per heavy atom. The molecule has 4 N–H and O–H groups in total. The molecule has 0 bridgehead atoms. The highest BCUT2D eigenvalue weighted by Gasteiger charge is 1.86. The van der Waals surface area contributed by atoms with E-state index in [1.807, 2.05) is 0 Å². The van der Waals surface area contributed by atoms with Crippen LogP contribution in [0.3, 0.4) is 0 Å². The minimum Gasteiger partial charge on any atom is -0.370 e. The van der Waals surface area contributed by atoms with Crippen molar-refractivity contribution < 1.29 is 0 Å². The number of hydrogen-bond donors (Lipinski definition) is 2. The molecule has 3 nitrogen and oxygen atoms in total. The lowest BCUT2D eigenvalue weighted by molar-refractivity contribution is 1.30. The number of guanidine groups is 1. The van der Waals surface area contributed by atoms with E-state index in [-0.39, 0.29) is 13.9 Å². The van der Waals surface area contributed by atoms with Crippen LogP contribution in [0.2, 0.25) is 0 Å². The summed E-state index contributed by atoms with van der Waals surface area (Å²) in [5.74, 6) is 0.196. The second-order valence-corrected chi connectivity index (χ2v) is 4.25. The molecular formula is C4H12N3P. The van der Waals surface area contributed by atoms with Gasteiger partial charge in [-0.05, 0) is 13.3 Å². The van der Waals surface area contributed by atoms with Crippen molar-refractivity contribution in [1.29, 1.82) is 0 Å². The van der Waals surface area contributed by atoms with Crippen LogP contribution in [0.4, 0.5) is 0 Å². The summed E-state index contributed by atoms with van der Waals surface area (Å²) in [5, 5.41) is 0. The molecule has 0 unspecified atom stereocenters. The van der Waals surface area contributed by atoms with Gasteiger partial charge in [-0.2, -0.15) is 0 Å². The Hall–Kier alpha value is -0.300. The topological polar surface area (TPSA) is 64.4 Å². The molecule has 0 rings (SSSR count). The molecule has 0 aliphatic rings. The molecule has 0 atom stereocenters. The maximum Gasteiger partial charge on any atom is 0.186 e. The Bertz CT molecular complexity index is 85.3. The van der Waals surface area contributed by atoms with E-state index < -0.39 is 0 Å². The van der Waals surface area contributed by atoms with Crippen LogP contribution in [0.5, 0.6) is 0 Å². The van der Waals surface area contributed by atoms with Gasteiger partial charge in [0.25, 0.3) is 0 Å². The number of nitrogens with two attached hydrogens (primary N) is 2. The second kappa shape index (κ2) is 3.67. The third-order valence-corrected chi connectivity index (χ3v) is 1.24. The molecule has 0 aromatic rings. The van der Waals surface area contributed by atoms with Crippen molar-refractivity contribution >= 4 is 13.9 Å². The summed E-state index contributed by atoms with van der Waals surface area (Å²) in [5.41, 5.74) is 10.2. The van der Waals surface area contributed by atoms with Crippen LogP contribution in [-0.2, 0) is 0 Å². The Morgan fingerprint density at radius 2 is 2.00 bits per heavy atom. The van der Waals surface area contributed by atoms with Crippen molar-refractivity contribution in [3.63, 3.8) is 0 Å². The average molecular weight is 133 g/mol. The predicted molar refractivity (Wildman–Crippen MR) is 39.4 cm³/mol. The van der Waals surface area contributed by atoms with Gasteiger partial charge >= 0.3 is 0 Å². The molecule has 0 saturated heterocycles. The van der Waals surface area contributed by atoms with Gasteiger partial charge in [0.05, 0.1) is 6.29 Å². The van der Waals surface area contributed by atoms with Crippen molar-refractivity contribution in [2.45, 2.75) is 0 Å². The number of nitrogens with zero attached hydrogens (tertiary/aromatic N) is 1. The minimum atomic E-state index is 0.0195. The van der Waals surface area contributed by atoms with E-state index in [1.165, 1.54) is 0 Å². The summed E-state index contributed by atoms with van der Waals surface area (Å²) in [6.45, 7) is 4.25.